The van der Waals surface area contributed by atoms with Gasteiger partial charge in [-0.15, -0.1) is 0 Å². The van der Waals surface area contributed by atoms with E-state index in [1.54, 1.807) is 6.20 Å². The van der Waals surface area contributed by atoms with Gasteiger partial charge in [0.2, 0.25) is 11.8 Å². The van der Waals surface area contributed by atoms with E-state index in [2.05, 4.69) is 22.2 Å². The Hall–Kier alpha value is -1.07. The molecule has 1 heterocycles. The van der Waals surface area contributed by atoms with Crippen LogP contribution in [0.4, 0.5) is 5.95 Å². The van der Waals surface area contributed by atoms with Crippen LogP contribution in [0.3, 0.4) is 0 Å². The van der Waals surface area contributed by atoms with Gasteiger partial charge >= 0.3 is 0 Å². The lowest BCUT2D eigenvalue weighted by Gasteiger charge is -2.12. The Balaban J connectivity index is 2.56. The number of hydrogen-bond acceptors (Lipinski definition) is 5. The van der Waals surface area contributed by atoms with Gasteiger partial charge in [-0.25, -0.2) is 4.98 Å². The Morgan fingerprint density at radius 2 is 2.24 bits per heavy atom. The molecule has 17 heavy (non-hydrogen) atoms. The van der Waals surface area contributed by atoms with Gasteiger partial charge < -0.3 is 15.0 Å². The van der Waals surface area contributed by atoms with Gasteiger partial charge in [-0.1, -0.05) is 18.5 Å². The van der Waals surface area contributed by atoms with Gasteiger partial charge in [0.15, 0.2) is 0 Å². The van der Waals surface area contributed by atoms with Crippen molar-refractivity contribution in [2.45, 2.75) is 13.3 Å². The maximum absolute atomic E-state index is 5.95. The summed E-state index contributed by atoms with van der Waals surface area (Å²) in [5.74, 6) is 0.984. The second-order valence-electron chi connectivity index (χ2n) is 3.93. The first-order valence-electron chi connectivity index (χ1n) is 5.67. The van der Waals surface area contributed by atoms with Crippen LogP contribution >= 0.6 is 11.6 Å². The van der Waals surface area contributed by atoms with Gasteiger partial charge in [0, 0.05) is 13.1 Å². The monoisotopic (exact) mass is 258 g/mol. The van der Waals surface area contributed by atoms with Crippen molar-refractivity contribution >= 4 is 17.5 Å². The highest BCUT2D eigenvalue weighted by Gasteiger charge is 2.06. The third-order valence-corrected chi connectivity index (χ3v) is 2.28. The predicted octanol–water partition coefficient (Wildman–Crippen LogP) is 1.89. The van der Waals surface area contributed by atoms with E-state index in [9.17, 15) is 0 Å². The van der Waals surface area contributed by atoms with E-state index in [4.69, 9.17) is 16.3 Å². The van der Waals surface area contributed by atoms with E-state index in [1.165, 1.54) is 0 Å². The summed E-state index contributed by atoms with van der Waals surface area (Å²) in [6, 6.07) is 0. The Kier molecular flexibility index (Phi) is 6.00. The van der Waals surface area contributed by atoms with Crippen LogP contribution in [-0.2, 0) is 0 Å². The second-order valence-corrected chi connectivity index (χ2v) is 4.33. The molecule has 6 heteroatoms. The lowest BCUT2D eigenvalue weighted by molar-refractivity contribution is 0.254. The number of nitrogens with one attached hydrogen (secondary N) is 1. The molecule has 0 aliphatic rings. The molecule has 0 radical (unpaired) electrons. The maximum atomic E-state index is 5.95. The van der Waals surface area contributed by atoms with Crippen molar-refractivity contribution in [3.63, 3.8) is 0 Å². The van der Waals surface area contributed by atoms with Crippen LogP contribution in [0.15, 0.2) is 6.20 Å². The molecule has 1 rings (SSSR count). The highest BCUT2D eigenvalue weighted by atomic mass is 35.5. The van der Waals surface area contributed by atoms with E-state index >= 15 is 0 Å². The first kappa shape index (κ1) is 14.0. The van der Waals surface area contributed by atoms with Gasteiger partial charge in [0.1, 0.15) is 11.6 Å². The Morgan fingerprint density at radius 3 is 2.88 bits per heavy atom. The molecule has 0 aliphatic carbocycles. The lowest BCUT2D eigenvalue weighted by Crippen LogP contribution is -2.20. The molecule has 0 saturated heterocycles. The van der Waals surface area contributed by atoms with Crippen LogP contribution in [-0.4, -0.2) is 48.7 Å². The molecule has 0 aliphatic heterocycles. The van der Waals surface area contributed by atoms with Crippen molar-refractivity contribution in [3.8, 4) is 5.88 Å². The molecule has 0 amide bonds. The van der Waals surface area contributed by atoms with Crippen molar-refractivity contribution in [1.29, 1.82) is 0 Å². The number of anilines is 1. The van der Waals surface area contributed by atoms with Crippen molar-refractivity contribution in [2.24, 2.45) is 0 Å². The Morgan fingerprint density at radius 1 is 1.47 bits per heavy atom. The second kappa shape index (κ2) is 7.29. The van der Waals surface area contributed by atoms with Crippen molar-refractivity contribution in [1.82, 2.24) is 14.9 Å². The fourth-order valence-electron chi connectivity index (χ4n) is 1.10. The molecule has 0 saturated carbocycles. The molecule has 1 aromatic heterocycles. The molecule has 0 fully saturated rings. The summed E-state index contributed by atoms with van der Waals surface area (Å²) in [5.41, 5.74) is 0. The quantitative estimate of drug-likeness (QED) is 0.810. The number of ether oxygens (including phenoxy) is 1. The number of likely N-dealkylation sites (N-methyl/N-ethyl adjacent to an activating group) is 1. The predicted molar refractivity (Wildman–Crippen MR) is 69.9 cm³/mol. The normalized spacial score (nSPS) is 10.6. The van der Waals surface area contributed by atoms with Crippen molar-refractivity contribution < 1.29 is 4.74 Å². The van der Waals surface area contributed by atoms with Gasteiger partial charge in [-0.2, -0.15) is 4.98 Å². The summed E-state index contributed by atoms with van der Waals surface area (Å²) in [6.45, 7) is 4.28. The van der Waals surface area contributed by atoms with Crippen LogP contribution in [0.5, 0.6) is 5.88 Å². The van der Waals surface area contributed by atoms with E-state index in [-0.39, 0.29) is 0 Å². The number of aromatic nitrogens is 2. The molecule has 1 N–H and O–H groups in total. The fraction of sp³-hybridized carbons (Fsp3) is 0.636. The summed E-state index contributed by atoms with van der Waals surface area (Å²) in [4.78, 5) is 10.3. The number of halogens is 1. The van der Waals surface area contributed by atoms with Crippen LogP contribution < -0.4 is 10.1 Å². The van der Waals surface area contributed by atoms with Gasteiger partial charge in [0.05, 0.1) is 6.20 Å². The smallest absolute Gasteiger partial charge is 0.237 e. The molecule has 0 aromatic carbocycles. The molecular formula is C11H19ClN4O. The summed E-state index contributed by atoms with van der Waals surface area (Å²) in [5, 5.41) is 3.53. The molecule has 0 atom stereocenters. The third kappa shape index (κ3) is 5.19. The Labute approximate surface area is 107 Å². The van der Waals surface area contributed by atoms with Crippen LogP contribution in [0.25, 0.3) is 0 Å². The minimum atomic E-state index is 0.433. The van der Waals surface area contributed by atoms with Gasteiger partial charge in [-0.05, 0) is 20.5 Å². The molecule has 0 unspecified atom stereocenters. The summed E-state index contributed by atoms with van der Waals surface area (Å²) in [7, 11) is 3.97. The van der Waals surface area contributed by atoms with Crippen LogP contribution in [0, 0.1) is 0 Å². The minimum absolute atomic E-state index is 0.433. The molecular weight excluding hydrogens is 240 g/mol. The SMILES string of the molecule is CCCNc1ncc(Cl)c(OCCN(C)C)n1. The van der Waals surface area contributed by atoms with Crippen LogP contribution in [0.1, 0.15) is 13.3 Å². The molecule has 96 valence electrons. The largest absolute Gasteiger partial charge is 0.475 e. The first-order chi connectivity index (χ1) is 8.13. The Bertz CT molecular complexity index is 346. The standard InChI is InChI=1S/C11H19ClN4O/c1-4-5-13-11-14-8-9(12)10(15-11)17-7-6-16(2)3/h8H,4-7H2,1-3H3,(H,13,14,15). The molecule has 1 aromatic rings. The third-order valence-electron chi connectivity index (χ3n) is 2.02. The molecule has 5 nitrogen and oxygen atoms in total. The first-order valence-corrected chi connectivity index (χ1v) is 6.05. The highest BCUT2D eigenvalue weighted by molar-refractivity contribution is 6.31. The number of hydrogen-bond donors (Lipinski definition) is 1. The number of nitrogens with zero attached hydrogens (tertiary/aromatic N) is 3. The van der Waals surface area contributed by atoms with E-state index in [0.717, 1.165) is 19.5 Å². The number of rotatable bonds is 7. The van der Waals surface area contributed by atoms with E-state index in [1.807, 2.05) is 19.0 Å². The molecule has 0 bridgehead atoms. The van der Waals surface area contributed by atoms with Gasteiger partial charge in [0.25, 0.3) is 0 Å². The average molecular weight is 259 g/mol. The zero-order valence-corrected chi connectivity index (χ0v) is 11.3. The fourth-order valence-corrected chi connectivity index (χ4v) is 1.25. The average Bonchev–Trinajstić information content (AvgIpc) is 2.29. The topological polar surface area (TPSA) is 50.3 Å². The highest BCUT2D eigenvalue weighted by Crippen LogP contribution is 2.21. The summed E-state index contributed by atoms with van der Waals surface area (Å²) >= 11 is 5.95. The van der Waals surface area contributed by atoms with E-state index < -0.39 is 0 Å². The molecule has 0 spiro atoms. The van der Waals surface area contributed by atoms with Crippen LogP contribution in [0.2, 0.25) is 5.02 Å². The maximum Gasteiger partial charge on any atom is 0.237 e. The minimum Gasteiger partial charge on any atom is -0.475 e. The van der Waals surface area contributed by atoms with E-state index in [0.29, 0.717) is 23.5 Å². The van der Waals surface area contributed by atoms with Crippen molar-refractivity contribution in [3.05, 3.63) is 11.2 Å². The lowest BCUT2D eigenvalue weighted by atomic mass is 10.5. The summed E-state index contributed by atoms with van der Waals surface area (Å²) < 4.78 is 5.50. The zero-order valence-electron chi connectivity index (χ0n) is 10.5. The van der Waals surface area contributed by atoms with Crippen molar-refractivity contribution in [2.75, 3.05) is 39.1 Å². The van der Waals surface area contributed by atoms with Gasteiger partial charge in [-0.3, -0.25) is 0 Å². The summed E-state index contributed by atoms with van der Waals surface area (Å²) in [6.07, 6.45) is 2.57. The zero-order chi connectivity index (χ0) is 12.7.